The molecule has 0 aliphatic heterocycles. The molecule has 0 amide bonds. The van der Waals surface area contributed by atoms with Crippen LogP contribution in [0.15, 0.2) is 30.3 Å². The quantitative estimate of drug-likeness (QED) is 0.497. The predicted molar refractivity (Wildman–Crippen MR) is 68.3 cm³/mol. The third-order valence-electron chi connectivity index (χ3n) is 2.37. The zero-order valence-corrected chi connectivity index (χ0v) is 11.9. The van der Waals surface area contributed by atoms with Gasteiger partial charge in [-0.25, -0.2) is 0 Å². The molecule has 2 rings (SSSR count). The van der Waals surface area contributed by atoms with Gasteiger partial charge in [-0.1, -0.05) is 18.2 Å². The number of fused-ring (bicyclic) bond motifs is 1. The number of phenolic OH excluding ortho intramolecular Hbond substituents is 1. The minimum Gasteiger partial charge on any atom is -0.502 e. The molecule has 3 N–H and O–H groups in total. The SMILES string of the molecule is O.O=[N+]([O-])c1cc([N+](=O)[O-])c2ccccc2c1O.[Na]. The number of phenols is 1. The predicted octanol–water partition coefficient (Wildman–Crippen LogP) is 1.16. The molecule has 0 fully saturated rings. The maximum absolute atomic E-state index is 10.8. The van der Waals surface area contributed by atoms with Gasteiger partial charge in [-0.2, -0.15) is 0 Å². The van der Waals surface area contributed by atoms with Crippen LogP contribution in [0.5, 0.6) is 5.75 Å². The first kappa shape index (κ1) is 17.3. The van der Waals surface area contributed by atoms with Crippen LogP contribution in [-0.2, 0) is 0 Å². The van der Waals surface area contributed by atoms with Crippen molar-refractivity contribution in [2.45, 2.75) is 0 Å². The fourth-order valence-corrected chi connectivity index (χ4v) is 1.62. The normalized spacial score (nSPS) is 9.26. The van der Waals surface area contributed by atoms with Crippen molar-refractivity contribution in [2.24, 2.45) is 0 Å². The van der Waals surface area contributed by atoms with Crippen LogP contribution in [0.3, 0.4) is 0 Å². The van der Waals surface area contributed by atoms with Gasteiger partial charge < -0.3 is 10.6 Å². The number of benzene rings is 2. The van der Waals surface area contributed by atoms with Crippen molar-refractivity contribution in [3.8, 4) is 5.75 Å². The molecule has 0 spiro atoms. The van der Waals surface area contributed by atoms with Gasteiger partial charge in [-0.15, -0.1) is 0 Å². The number of nitro benzene ring substituents is 2. The Morgan fingerprint density at radius 1 is 0.947 bits per heavy atom. The molecule has 0 aliphatic rings. The summed E-state index contributed by atoms with van der Waals surface area (Å²) in [5, 5.41) is 31.4. The largest absolute Gasteiger partial charge is 0.502 e. The smallest absolute Gasteiger partial charge is 0.318 e. The van der Waals surface area contributed by atoms with Gasteiger partial charge in [-0.3, -0.25) is 20.2 Å². The van der Waals surface area contributed by atoms with Gasteiger partial charge in [0.2, 0.25) is 5.75 Å². The molecule has 0 atom stereocenters. The molecule has 1 radical (unpaired) electrons. The van der Waals surface area contributed by atoms with Crippen LogP contribution in [-0.4, -0.2) is 50.0 Å². The van der Waals surface area contributed by atoms with E-state index in [1.165, 1.54) is 18.2 Å². The van der Waals surface area contributed by atoms with Crippen molar-refractivity contribution in [3.05, 3.63) is 50.6 Å². The van der Waals surface area contributed by atoms with Crippen LogP contribution in [0, 0.1) is 20.2 Å². The Bertz CT molecular complexity index is 645. The van der Waals surface area contributed by atoms with Crippen LogP contribution in [0.4, 0.5) is 11.4 Å². The first-order chi connectivity index (χ1) is 8.02. The summed E-state index contributed by atoms with van der Waals surface area (Å²) in [5.41, 5.74) is -1.07. The Kier molecular flexibility index (Phi) is 5.84. The van der Waals surface area contributed by atoms with Gasteiger partial charge in [-0.05, 0) is 6.07 Å². The van der Waals surface area contributed by atoms with Gasteiger partial charge in [0.15, 0.2) is 0 Å². The first-order valence-corrected chi connectivity index (χ1v) is 4.56. The Morgan fingerprint density at radius 2 is 1.42 bits per heavy atom. The molecule has 2 aromatic rings. The van der Waals surface area contributed by atoms with Gasteiger partial charge in [0.1, 0.15) is 0 Å². The van der Waals surface area contributed by atoms with E-state index in [9.17, 15) is 25.3 Å². The average molecular weight is 275 g/mol. The zero-order valence-electron chi connectivity index (χ0n) is 9.86. The molecule has 19 heavy (non-hydrogen) atoms. The third-order valence-corrected chi connectivity index (χ3v) is 2.37. The fraction of sp³-hybridized carbons (Fsp3) is 0. The Morgan fingerprint density at radius 3 is 1.89 bits per heavy atom. The van der Waals surface area contributed by atoms with Crippen LogP contribution in [0.1, 0.15) is 0 Å². The number of nitro groups is 2. The molecule has 95 valence electrons. The number of aromatic hydroxyl groups is 1. The van der Waals surface area contributed by atoms with Crippen LogP contribution in [0.2, 0.25) is 0 Å². The Labute approximate surface area is 128 Å². The molecule has 2 aromatic carbocycles. The third kappa shape index (κ3) is 2.99. The van der Waals surface area contributed by atoms with E-state index >= 15 is 0 Å². The van der Waals surface area contributed by atoms with E-state index in [4.69, 9.17) is 0 Å². The van der Waals surface area contributed by atoms with Crippen molar-refractivity contribution in [1.29, 1.82) is 0 Å². The minimum absolute atomic E-state index is 0. The standard InChI is InChI=1S/C10H6N2O5.Na.H2O/c13-10-7-4-2-1-3-6(7)8(11(14)15)5-9(10)12(16)17;;/h1-5,13H;;1H2. The molecule has 9 heteroatoms. The monoisotopic (exact) mass is 275 g/mol. The fourth-order valence-electron chi connectivity index (χ4n) is 1.62. The second-order valence-corrected chi connectivity index (χ2v) is 3.32. The second kappa shape index (κ2) is 6.43. The Balaban J connectivity index is 0.00000162. The van der Waals surface area contributed by atoms with E-state index in [1.54, 1.807) is 6.07 Å². The van der Waals surface area contributed by atoms with Gasteiger partial charge in [0.25, 0.3) is 5.69 Å². The van der Waals surface area contributed by atoms with Crippen LogP contribution >= 0.6 is 0 Å². The van der Waals surface area contributed by atoms with Crippen LogP contribution in [0.25, 0.3) is 10.8 Å². The van der Waals surface area contributed by atoms with Crippen molar-refractivity contribution in [2.75, 3.05) is 0 Å². The Hall–Kier alpha value is -1.74. The van der Waals surface area contributed by atoms with Gasteiger partial charge in [0, 0.05) is 34.9 Å². The van der Waals surface area contributed by atoms with E-state index in [-0.39, 0.29) is 45.8 Å². The van der Waals surface area contributed by atoms with Gasteiger partial charge in [0.05, 0.1) is 21.3 Å². The molecule has 0 aliphatic carbocycles. The molecule has 0 unspecified atom stereocenters. The number of rotatable bonds is 2. The molecule has 0 saturated carbocycles. The molecular formula is C10H8N2NaO6. The summed E-state index contributed by atoms with van der Waals surface area (Å²) in [5.74, 6) is -0.559. The summed E-state index contributed by atoms with van der Waals surface area (Å²) < 4.78 is 0. The first-order valence-electron chi connectivity index (χ1n) is 4.56. The summed E-state index contributed by atoms with van der Waals surface area (Å²) in [6.07, 6.45) is 0. The maximum atomic E-state index is 10.8. The number of hydrogen-bond donors (Lipinski definition) is 1. The molecule has 0 heterocycles. The summed E-state index contributed by atoms with van der Waals surface area (Å²) in [6.45, 7) is 0. The maximum Gasteiger partial charge on any atom is 0.318 e. The van der Waals surface area contributed by atoms with E-state index in [1.807, 2.05) is 0 Å². The second-order valence-electron chi connectivity index (χ2n) is 3.32. The molecule has 0 aromatic heterocycles. The van der Waals surface area contributed by atoms with E-state index < -0.39 is 27.0 Å². The molecular weight excluding hydrogens is 267 g/mol. The number of non-ortho nitro benzene ring substituents is 1. The van der Waals surface area contributed by atoms with E-state index in [0.717, 1.165) is 6.07 Å². The number of nitrogens with zero attached hydrogens (tertiary/aromatic N) is 2. The summed E-state index contributed by atoms with van der Waals surface area (Å²) in [4.78, 5) is 19.9. The topological polar surface area (TPSA) is 138 Å². The average Bonchev–Trinajstić information content (AvgIpc) is 2.29. The summed E-state index contributed by atoms with van der Waals surface area (Å²) in [7, 11) is 0. The zero-order chi connectivity index (χ0) is 12.6. The van der Waals surface area contributed by atoms with E-state index in [2.05, 4.69) is 0 Å². The number of hydrogen-bond acceptors (Lipinski definition) is 5. The molecule has 0 bridgehead atoms. The summed E-state index contributed by atoms with van der Waals surface area (Å²) >= 11 is 0. The minimum atomic E-state index is -0.852. The van der Waals surface area contributed by atoms with E-state index in [0.29, 0.717) is 0 Å². The summed E-state index contributed by atoms with van der Waals surface area (Å²) in [6, 6.07) is 6.68. The van der Waals surface area contributed by atoms with Crippen molar-refractivity contribution in [1.82, 2.24) is 0 Å². The van der Waals surface area contributed by atoms with Crippen molar-refractivity contribution >= 4 is 51.7 Å². The van der Waals surface area contributed by atoms with Crippen molar-refractivity contribution in [3.63, 3.8) is 0 Å². The van der Waals surface area contributed by atoms with Crippen LogP contribution < -0.4 is 0 Å². The molecule has 8 nitrogen and oxygen atoms in total. The van der Waals surface area contributed by atoms with Crippen molar-refractivity contribution < 1.29 is 20.4 Å². The van der Waals surface area contributed by atoms with Gasteiger partial charge >= 0.3 is 5.69 Å². The molecule has 0 saturated heterocycles.